The van der Waals surface area contributed by atoms with E-state index in [1.165, 1.54) is 0 Å². The van der Waals surface area contributed by atoms with E-state index >= 15 is 0 Å². The van der Waals surface area contributed by atoms with Gasteiger partial charge in [0.15, 0.2) is 0 Å². The van der Waals surface area contributed by atoms with Crippen LogP contribution in [0.5, 0.6) is 0 Å². The summed E-state index contributed by atoms with van der Waals surface area (Å²) in [5, 5.41) is 11.8. The molecule has 0 saturated carbocycles. The number of nitrogens with zero attached hydrogens (tertiary/aromatic N) is 2. The Morgan fingerprint density at radius 1 is 1.00 bits per heavy atom. The Morgan fingerprint density at radius 2 is 1.70 bits per heavy atom. The zero-order chi connectivity index (χ0) is 21.1. The van der Waals surface area contributed by atoms with Crippen molar-refractivity contribution in [3.8, 4) is 6.07 Å². The molecule has 148 valence electrons. The molecular formula is C25H21N3O2. The number of nitrogens with one attached hydrogen (secondary N) is 1. The van der Waals surface area contributed by atoms with E-state index in [9.17, 15) is 9.59 Å². The van der Waals surface area contributed by atoms with Gasteiger partial charge in [-0.15, -0.1) is 0 Å². The highest BCUT2D eigenvalue weighted by atomic mass is 16.2. The molecule has 0 unspecified atom stereocenters. The topological polar surface area (TPSA) is 73.2 Å². The maximum absolute atomic E-state index is 12.9. The molecule has 0 fully saturated rings. The van der Waals surface area contributed by atoms with Gasteiger partial charge in [0, 0.05) is 29.9 Å². The number of rotatable bonds is 4. The molecule has 5 nitrogen and oxygen atoms in total. The van der Waals surface area contributed by atoms with Crippen LogP contribution in [0.2, 0.25) is 0 Å². The van der Waals surface area contributed by atoms with Crippen LogP contribution >= 0.6 is 0 Å². The van der Waals surface area contributed by atoms with Gasteiger partial charge in [-0.05, 0) is 66.9 Å². The van der Waals surface area contributed by atoms with Crippen molar-refractivity contribution in [3.05, 3.63) is 100 Å². The molecule has 1 heterocycles. The third-order valence-corrected chi connectivity index (χ3v) is 5.31. The molecule has 5 heteroatoms. The predicted octanol–water partition coefficient (Wildman–Crippen LogP) is 4.00. The number of carbonyl (C=O) groups excluding carboxylic acids is 2. The van der Waals surface area contributed by atoms with Crippen LogP contribution < -0.4 is 10.2 Å². The third-order valence-electron chi connectivity index (χ3n) is 5.31. The summed E-state index contributed by atoms with van der Waals surface area (Å²) in [6.07, 6.45) is 0.796. The standard InChI is InChI=1S/C25H21N3O2/c1-17-2-7-21(8-3-17)25(30)28-13-12-22-14-19(6-11-23(22)28)16-27-24(29)20-9-4-18(15-26)5-10-20/h2-11,14H,12-13,16H2,1H3,(H,27,29). The molecule has 2 amide bonds. The van der Waals surface area contributed by atoms with E-state index in [2.05, 4.69) is 11.4 Å². The first-order chi connectivity index (χ1) is 14.5. The Balaban J connectivity index is 1.43. The Morgan fingerprint density at radius 3 is 2.40 bits per heavy atom. The van der Waals surface area contributed by atoms with Gasteiger partial charge in [-0.1, -0.05) is 29.8 Å². The summed E-state index contributed by atoms with van der Waals surface area (Å²) >= 11 is 0. The van der Waals surface area contributed by atoms with Crippen LogP contribution in [-0.2, 0) is 13.0 Å². The minimum Gasteiger partial charge on any atom is -0.348 e. The molecule has 30 heavy (non-hydrogen) atoms. The molecule has 0 spiro atoms. The van der Waals surface area contributed by atoms with E-state index < -0.39 is 0 Å². The van der Waals surface area contributed by atoms with Crippen molar-refractivity contribution in [3.63, 3.8) is 0 Å². The molecule has 3 aromatic carbocycles. The van der Waals surface area contributed by atoms with Gasteiger partial charge in [-0.3, -0.25) is 9.59 Å². The van der Waals surface area contributed by atoms with E-state index in [0.717, 1.165) is 28.8 Å². The maximum Gasteiger partial charge on any atom is 0.258 e. The minimum absolute atomic E-state index is 0.00983. The number of fused-ring (bicyclic) bond motifs is 1. The Labute approximate surface area is 175 Å². The SMILES string of the molecule is Cc1ccc(C(=O)N2CCc3cc(CNC(=O)c4ccc(C#N)cc4)ccc32)cc1. The van der Waals surface area contributed by atoms with Crippen molar-refractivity contribution < 1.29 is 9.59 Å². The van der Waals surface area contributed by atoms with Gasteiger partial charge in [0.25, 0.3) is 11.8 Å². The first-order valence-corrected chi connectivity index (χ1v) is 9.84. The number of amides is 2. The number of hydrogen-bond donors (Lipinski definition) is 1. The van der Waals surface area contributed by atoms with Crippen LogP contribution in [0.4, 0.5) is 5.69 Å². The fraction of sp³-hybridized carbons (Fsp3) is 0.160. The van der Waals surface area contributed by atoms with Gasteiger partial charge in [0.05, 0.1) is 11.6 Å². The molecule has 3 aromatic rings. The van der Waals surface area contributed by atoms with Gasteiger partial charge >= 0.3 is 0 Å². The molecule has 1 aliphatic heterocycles. The van der Waals surface area contributed by atoms with Crippen LogP contribution in [0.25, 0.3) is 0 Å². The van der Waals surface area contributed by atoms with Gasteiger partial charge in [0.1, 0.15) is 0 Å². The number of benzene rings is 3. The zero-order valence-electron chi connectivity index (χ0n) is 16.7. The summed E-state index contributed by atoms with van der Waals surface area (Å²) in [5.74, 6) is -0.174. The molecule has 0 atom stereocenters. The second kappa shape index (κ2) is 8.22. The fourth-order valence-electron chi connectivity index (χ4n) is 3.61. The highest BCUT2D eigenvalue weighted by molar-refractivity contribution is 6.07. The number of nitriles is 1. The average Bonchev–Trinajstić information content (AvgIpc) is 3.21. The van der Waals surface area contributed by atoms with Gasteiger partial charge in [-0.25, -0.2) is 0 Å². The number of hydrogen-bond acceptors (Lipinski definition) is 3. The number of anilines is 1. The highest BCUT2D eigenvalue weighted by Gasteiger charge is 2.25. The average molecular weight is 395 g/mol. The summed E-state index contributed by atoms with van der Waals surface area (Å²) in [4.78, 5) is 27.0. The lowest BCUT2D eigenvalue weighted by molar-refractivity contribution is 0.0949. The lowest BCUT2D eigenvalue weighted by Crippen LogP contribution is -2.28. The Bertz CT molecular complexity index is 1140. The van der Waals surface area contributed by atoms with Crippen LogP contribution in [0, 0.1) is 18.3 Å². The summed E-state index contributed by atoms with van der Waals surface area (Å²) in [7, 11) is 0. The monoisotopic (exact) mass is 395 g/mol. The molecule has 1 N–H and O–H groups in total. The second-order valence-electron chi connectivity index (χ2n) is 7.41. The van der Waals surface area contributed by atoms with Crippen LogP contribution in [0.3, 0.4) is 0 Å². The normalized spacial score (nSPS) is 12.2. The highest BCUT2D eigenvalue weighted by Crippen LogP contribution is 2.30. The number of aryl methyl sites for hydroxylation is 1. The molecular weight excluding hydrogens is 374 g/mol. The van der Waals surface area contributed by atoms with E-state index in [4.69, 9.17) is 5.26 Å². The molecule has 0 aliphatic carbocycles. The van der Waals surface area contributed by atoms with Crippen molar-refractivity contribution in [2.45, 2.75) is 19.9 Å². The van der Waals surface area contributed by atoms with Crippen molar-refractivity contribution in [2.75, 3.05) is 11.4 Å². The second-order valence-corrected chi connectivity index (χ2v) is 7.41. The molecule has 0 radical (unpaired) electrons. The number of carbonyl (C=O) groups is 2. The van der Waals surface area contributed by atoms with Crippen LogP contribution in [-0.4, -0.2) is 18.4 Å². The first-order valence-electron chi connectivity index (χ1n) is 9.84. The minimum atomic E-state index is -0.184. The lowest BCUT2D eigenvalue weighted by Gasteiger charge is -2.18. The lowest BCUT2D eigenvalue weighted by atomic mass is 10.1. The Hall–Kier alpha value is -3.91. The van der Waals surface area contributed by atoms with Gasteiger partial charge in [-0.2, -0.15) is 5.26 Å². The summed E-state index contributed by atoms with van der Waals surface area (Å²) in [6, 6.07) is 22.2. The summed E-state index contributed by atoms with van der Waals surface area (Å²) in [5.41, 5.74) is 5.89. The quantitative estimate of drug-likeness (QED) is 0.726. The van der Waals surface area contributed by atoms with Crippen molar-refractivity contribution in [2.24, 2.45) is 0 Å². The zero-order valence-corrected chi connectivity index (χ0v) is 16.7. The van der Waals surface area contributed by atoms with E-state index in [0.29, 0.717) is 29.8 Å². The van der Waals surface area contributed by atoms with Crippen LogP contribution in [0.15, 0.2) is 66.7 Å². The third kappa shape index (κ3) is 3.94. The molecule has 0 aromatic heterocycles. The van der Waals surface area contributed by atoms with E-state index in [1.54, 1.807) is 24.3 Å². The van der Waals surface area contributed by atoms with E-state index in [1.807, 2.05) is 54.3 Å². The predicted molar refractivity (Wildman–Crippen MR) is 115 cm³/mol. The van der Waals surface area contributed by atoms with Crippen molar-refractivity contribution in [1.29, 1.82) is 5.26 Å². The van der Waals surface area contributed by atoms with Crippen molar-refractivity contribution >= 4 is 17.5 Å². The van der Waals surface area contributed by atoms with Crippen LogP contribution in [0.1, 0.15) is 43.0 Å². The maximum atomic E-state index is 12.9. The largest absolute Gasteiger partial charge is 0.348 e. The molecule has 4 rings (SSSR count). The first kappa shape index (κ1) is 19.4. The van der Waals surface area contributed by atoms with Gasteiger partial charge in [0.2, 0.25) is 0 Å². The van der Waals surface area contributed by atoms with E-state index in [-0.39, 0.29) is 11.8 Å². The molecule has 0 bridgehead atoms. The molecule has 1 aliphatic rings. The van der Waals surface area contributed by atoms with Gasteiger partial charge < -0.3 is 10.2 Å². The molecule has 0 saturated heterocycles. The summed E-state index contributed by atoms with van der Waals surface area (Å²) < 4.78 is 0. The summed E-state index contributed by atoms with van der Waals surface area (Å²) in [6.45, 7) is 3.06. The smallest absolute Gasteiger partial charge is 0.258 e. The van der Waals surface area contributed by atoms with Crippen molar-refractivity contribution in [1.82, 2.24) is 5.32 Å². The Kier molecular flexibility index (Phi) is 5.32. The fourth-order valence-corrected chi connectivity index (χ4v) is 3.61.